The maximum absolute atomic E-state index is 10.5. The van der Waals surface area contributed by atoms with Crippen LogP contribution in [0.3, 0.4) is 0 Å². The van der Waals surface area contributed by atoms with Crippen LogP contribution < -0.4 is 0 Å². The lowest BCUT2D eigenvalue weighted by atomic mass is 9.73. The molecule has 4 nitrogen and oxygen atoms in total. The lowest BCUT2D eigenvalue weighted by Crippen LogP contribution is -2.33. The number of hydrogen-bond acceptors (Lipinski definition) is 4. The van der Waals surface area contributed by atoms with Crippen molar-refractivity contribution in [2.75, 3.05) is 13.2 Å². The van der Waals surface area contributed by atoms with E-state index in [1.54, 1.807) is 0 Å². The predicted octanol–water partition coefficient (Wildman–Crippen LogP) is 5.85. The number of rotatable bonds is 10. The first-order valence-corrected chi connectivity index (χ1v) is 13.4. The van der Waals surface area contributed by atoms with Gasteiger partial charge in [0.2, 0.25) is 0 Å². The maximum Gasteiger partial charge on any atom is 0.0840 e. The molecule has 3 N–H and O–H groups in total. The number of aliphatic hydroxyl groups is 3. The molecule has 2 saturated carbocycles. The van der Waals surface area contributed by atoms with Crippen LogP contribution in [0, 0.1) is 5.92 Å². The molecular weight excluding hydrogens is 424 g/mol. The molecule has 2 fully saturated rings. The molecule has 0 heterocycles. The van der Waals surface area contributed by atoms with Gasteiger partial charge in [0, 0.05) is 13.2 Å². The molecule has 0 amide bonds. The van der Waals surface area contributed by atoms with Gasteiger partial charge in [0.25, 0.3) is 0 Å². The van der Waals surface area contributed by atoms with Crippen LogP contribution in [0.4, 0.5) is 0 Å². The quantitative estimate of drug-likeness (QED) is 0.375. The van der Waals surface area contributed by atoms with Gasteiger partial charge >= 0.3 is 0 Å². The van der Waals surface area contributed by atoms with Crippen LogP contribution in [-0.4, -0.2) is 46.3 Å². The maximum atomic E-state index is 10.5. The van der Waals surface area contributed by atoms with Crippen molar-refractivity contribution in [3.63, 3.8) is 0 Å². The van der Waals surface area contributed by atoms with Gasteiger partial charge in [0.05, 0.1) is 17.8 Å². The van der Waals surface area contributed by atoms with E-state index in [1.807, 2.05) is 13.8 Å². The second-order valence-corrected chi connectivity index (χ2v) is 11.1. The van der Waals surface area contributed by atoms with Crippen molar-refractivity contribution < 1.29 is 20.1 Å². The van der Waals surface area contributed by atoms with Gasteiger partial charge in [0.1, 0.15) is 0 Å². The summed E-state index contributed by atoms with van der Waals surface area (Å²) in [5.74, 6) is 1.06. The normalized spacial score (nSPS) is 28.5. The lowest BCUT2D eigenvalue weighted by Gasteiger charge is -2.32. The average Bonchev–Trinajstić information content (AvgIpc) is 2.79. The van der Waals surface area contributed by atoms with Gasteiger partial charge in [-0.3, -0.25) is 0 Å². The monoisotopic (exact) mass is 470 g/mol. The van der Waals surface area contributed by atoms with Crippen LogP contribution in [0.25, 0.3) is 0 Å². The van der Waals surface area contributed by atoms with Gasteiger partial charge in [-0.25, -0.2) is 0 Å². The number of benzene rings is 1. The largest absolute Gasteiger partial charge is 0.396 e. The van der Waals surface area contributed by atoms with E-state index in [-0.39, 0.29) is 12.7 Å². The zero-order chi connectivity index (χ0) is 24.6. The smallest absolute Gasteiger partial charge is 0.0840 e. The Morgan fingerprint density at radius 3 is 2.68 bits per heavy atom. The van der Waals surface area contributed by atoms with E-state index >= 15 is 0 Å². The minimum absolute atomic E-state index is 0.106. The Kier molecular flexibility index (Phi) is 10.4. The molecule has 190 valence electrons. The molecule has 2 aliphatic carbocycles. The minimum atomic E-state index is -0.591. The Bertz CT molecular complexity index is 819. The summed E-state index contributed by atoms with van der Waals surface area (Å²) < 4.78 is 5.74. The van der Waals surface area contributed by atoms with Crippen molar-refractivity contribution in [2.45, 2.75) is 109 Å². The van der Waals surface area contributed by atoms with Crippen molar-refractivity contribution in [3.8, 4) is 0 Å². The summed E-state index contributed by atoms with van der Waals surface area (Å²) in [5.41, 5.74) is 5.06. The molecule has 3 rings (SSSR count). The second kappa shape index (κ2) is 13.0. The highest BCUT2D eigenvalue weighted by Gasteiger charge is 2.28. The summed E-state index contributed by atoms with van der Waals surface area (Å²) in [5, 5.41) is 29.4. The van der Waals surface area contributed by atoms with E-state index in [1.165, 1.54) is 35.1 Å². The summed E-state index contributed by atoms with van der Waals surface area (Å²) >= 11 is 0. The molecule has 1 aromatic carbocycles. The molecule has 34 heavy (non-hydrogen) atoms. The highest BCUT2D eigenvalue weighted by Crippen LogP contribution is 2.41. The topological polar surface area (TPSA) is 69.9 Å². The van der Waals surface area contributed by atoms with E-state index < -0.39 is 11.7 Å². The first-order valence-electron chi connectivity index (χ1n) is 13.4. The number of ether oxygens (including phenoxy) is 1. The first-order chi connectivity index (χ1) is 16.3. The molecule has 1 aromatic rings. The molecule has 0 spiro atoms. The minimum Gasteiger partial charge on any atom is -0.396 e. The fourth-order valence-electron chi connectivity index (χ4n) is 5.55. The van der Waals surface area contributed by atoms with Crippen molar-refractivity contribution >= 4 is 0 Å². The van der Waals surface area contributed by atoms with Crippen LogP contribution in [0.5, 0.6) is 0 Å². The number of aryl methyl sites for hydroxylation is 1. The van der Waals surface area contributed by atoms with Crippen molar-refractivity contribution in [3.05, 3.63) is 58.7 Å². The van der Waals surface area contributed by atoms with Crippen LogP contribution in [0.15, 0.2) is 47.6 Å². The van der Waals surface area contributed by atoms with E-state index in [9.17, 15) is 10.2 Å². The third-order valence-electron chi connectivity index (χ3n) is 7.62. The summed E-state index contributed by atoms with van der Waals surface area (Å²) in [7, 11) is 0. The van der Waals surface area contributed by atoms with Crippen molar-refractivity contribution in [1.29, 1.82) is 0 Å². The SMILES string of the molecule is C[C@H]1/C(=C/C=C2/CCC(OCCCO)C(O)C2)CCC[C@@H]1c1cccc(CCCC(C)(C)O)c1. The summed E-state index contributed by atoms with van der Waals surface area (Å²) in [4.78, 5) is 0. The zero-order valence-corrected chi connectivity index (χ0v) is 21.5. The average molecular weight is 471 g/mol. The third-order valence-corrected chi connectivity index (χ3v) is 7.62. The van der Waals surface area contributed by atoms with Crippen molar-refractivity contribution in [1.82, 2.24) is 0 Å². The Morgan fingerprint density at radius 2 is 1.94 bits per heavy atom. The molecule has 0 bridgehead atoms. The Morgan fingerprint density at radius 1 is 1.12 bits per heavy atom. The molecule has 0 radical (unpaired) electrons. The predicted molar refractivity (Wildman–Crippen MR) is 139 cm³/mol. The van der Waals surface area contributed by atoms with E-state index in [4.69, 9.17) is 9.84 Å². The molecule has 2 aliphatic rings. The molecular formula is C30H46O4. The standard InChI is InChI=1S/C30H46O4/c1-22-25(15-13-24-14-16-29(28(32)21-24)34-19-7-18-31)10-5-12-27(22)26-11-4-8-23(20-26)9-6-17-30(2,3)33/h4,8,11,13,15,20,22,27-29,31-33H,5-7,9-10,12,14,16-19,21H2,1-3H3/b24-13-,25-15+/t22-,27-,28?,29?/m0/s1. The van der Waals surface area contributed by atoms with Gasteiger partial charge in [-0.05, 0) is 101 Å². The van der Waals surface area contributed by atoms with E-state index in [0.29, 0.717) is 31.3 Å². The molecule has 4 atom stereocenters. The van der Waals surface area contributed by atoms with Gasteiger partial charge in [-0.1, -0.05) is 54.5 Å². The summed E-state index contributed by atoms with van der Waals surface area (Å²) in [6.07, 6.45) is 13.6. The fourth-order valence-corrected chi connectivity index (χ4v) is 5.55. The van der Waals surface area contributed by atoms with Gasteiger partial charge < -0.3 is 20.1 Å². The van der Waals surface area contributed by atoms with Crippen LogP contribution in [0.1, 0.15) is 95.6 Å². The molecule has 2 unspecified atom stereocenters. The van der Waals surface area contributed by atoms with Crippen LogP contribution in [0.2, 0.25) is 0 Å². The van der Waals surface area contributed by atoms with Gasteiger partial charge in [-0.2, -0.15) is 0 Å². The Labute approximate surface area is 206 Å². The summed E-state index contributed by atoms with van der Waals surface area (Å²) in [6.45, 7) is 6.79. The number of aliphatic hydroxyl groups excluding tert-OH is 2. The molecule has 0 aromatic heterocycles. The van der Waals surface area contributed by atoms with Crippen LogP contribution in [-0.2, 0) is 11.2 Å². The molecule has 4 heteroatoms. The van der Waals surface area contributed by atoms with Gasteiger partial charge in [0.15, 0.2) is 0 Å². The second-order valence-electron chi connectivity index (χ2n) is 11.1. The van der Waals surface area contributed by atoms with E-state index in [0.717, 1.165) is 38.5 Å². The summed E-state index contributed by atoms with van der Waals surface area (Å²) in [6, 6.07) is 9.10. The Hall–Kier alpha value is -1.46. The molecule has 0 saturated heterocycles. The number of allylic oxidation sites excluding steroid dienone is 3. The van der Waals surface area contributed by atoms with Crippen molar-refractivity contribution in [2.24, 2.45) is 5.92 Å². The Balaban J connectivity index is 1.59. The fraction of sp³-hybridized carbons (Fsp3) is 0.667. The van der Waals surface area contributed by atoms with Crippen LogP contribution >= 0.6 is 0 Å². The van der Waals surface area contributed by atoms with E-state index in [2.05, 4.69) is 43.3 Å². The first kappa shape index (κ1) is 27.1. The van der Waals surface area contributed by atoms with Gasteiger partial charge in [-0.15, -0.1) is 0 Å². The lowest BCUT2D eigenvalue weighted by molar-refractivity contribution is -0.0522. The highest BCUT2D eigenvalue weighted by molar-refractivity contribution is 5.31. The number of hydrogen-bond donors (Lipinski definition) is 3. The highest BCUT2D eigenvalue weighted by atomic mass is 16.5. The zero-order valence-electron chi connectivity index (χ0n) is 21.5. The third kappa shape index (κ3) is 8.34. The molecule has 0 aliphatic heterocycles.